The standard InChI is InChI=1S/C26H29NO6/c1-3-5-8-15-32-20-12-11-17(16-21(20)31-4-2)23-22-24(29)18-9-6-7-10-19(18)33-25(22)26(30)27(23)13-14-28/h6-7,9-12,16,23,28H,3-5,8,13-15H2,1-2H3. The van der Waals surface area contributed by atoms with Crippen molar-refractivity contribution in [2.75, 3.05) is 26.4 Å². The summed E-state index contributed by atoms with van der Waals surface area (Å²) in [6.45, 7) is 4.90. The Bertz CT molecular complexity index is 1200. The third-order valence-corrected chi connectivity index (χ3v) is 5.80. The number of aliphatic hydroxyl groups excluding tert-OH is 1. The van der Waals surface area contributed by atoms with Crippen LogP contribution in [0, 0.1) is 0 Å². The van der Waals surface area contributed by atoms with Gasteiger partial charge in [0.15, 0.2) is 16.9 Å². The lowest BCUT2D eigenvalue weighted by Crippen LogP contribution is -2.32. The van der Waals surface area contributed by atoms with Gasteiger partial charge in [0, 0.05) is 6.54 Å². The van der Waals surface area contributed by atoms with Crippen LogP contribution in [0.3, 0.4) is 0 Å². The highest BCUT2D eigenvalue weighted by Gasteiger charge is 2.42. The number of aliphatic hydroxyl groups is 1. The maximum atomic E-state index is 13.4. The van der Waals surface area contributed by atoms with Gasteiger partial charge >= 0.3 is 0 Å². The lowest BCUT2D eigenvalue weighted by molar-refractivity contribution is 0.0691. The molecule has 1 aliphatic rings. The summed E-state index contributed by atoms with van der Waals surface area (Å²) in [5.41, 5.74) is 1.10. The molecule has 0 fully saturated rings. The van der Waals surface area contributed by atoms with Gasteiger partial charge in [-0.1, -0.05) is 38.0 Å². The molecule has 1 aliphatic heterocycles. The van der Waals surface area contributed by atoms with E-state index in [0.29, 0.717) is 41.2 Å². The van der Waals surface area contributed by atoms with Crippen LogP contribution < -0.4 is 14.9 Å². The largest absolute Gasteiger partial charge is 0.490 e. The second kappa shape index (κ2) is 10.1. The molecule has 0 saturated heterocycles. The van der Waals surface area contributed by atoms with Gasteiger partial charge in [0.25, 0.3) is 5.91 Å². The van der Waals surface area contributed by atoms with E-state index < -0.39 is 11.9 Å². The molecule has 1 atom stereocenters. The molecule has 0 saturated carbocycles. The van der Waals surface area contributed by atoms with Crippen LogP contribution in [0.15, 0.2) is 51.7 Å². The molecule has 1 amide bonds. The average Bonchev–Trinajstić information content (AvgIpc) is 3.10. The van der Waals surface area contributed by atoms with Gasteiger partial charge in [-0.2, -0.15) is 0 Å². The van der Waals surface area contributed by atoms with Gasteiger partial charge in [-0.15, -0.1) is 0 Å². The van der Waals surface area contributed by atoms with E-state index in [-0.39, 0.29) is 29.9 Å². The first-order valence-electron chi connectivity index (χ1n) is 11.5. The first-order valence-corrected chi connectivity index (χ1v) is 11.5. The second-order valence-electron chi connectivity index (χ2n) is 7.99. The highest BCUT2D eigenvalue weighted by molar-refractivity contribution is 5.99. The zero-order valence-electron chi connectivity index (χ0n) is 19.0. The second-order valence-corrected chi connectivity index (χ2v) is 7.99. The van der Waals surface area contributed by atoms with Crippen molar-refractivity contribution in [3.8, 4) is 11.5 Å². The molecule has 174 valence electrons. The number of ether oxygens (including phenoxy) is 2. The molecule has 7 nitrogen and oxygen atoms in total. The molecule has 1 unspecified atom stereocenters. The number of unbranched alkanes of at least 4 members (excludes halogenated alkanes) is 2. The number of hydrogen-bond donors (Lipinski definition) is 1. The number of nitrogens with zero attached hydrogens (tertiary/aromatic N) is 1. The molecule has 2 aromatic carbocycles. The highest BCUT2D eigenvalue weighted by Crippen LogP contribution is 2.40. The fourth-order valence-electron chi connectivity index (χ4n) is 4.27. The summed E-state index contributed by atoms with van der Waals surface area (Å²) < 4.78 is 17.6. The summed E-state index contributed by atoms with van der Waals surface area (Å²) in [5, 5.41) is 10.0. The van der Waals surface area contributed by atoms with Gasteiger partial charge in [-0.3, -0.25) is 9.59 Å². The fourth-order valence-corrected chi connectivity index (χ4v) is 4.27. The first-order chi connectivity index (χ1) is 16.1. The number of rotatable bonds is 10. The van der Waals surface area contributed by atoms with Gasteiger partial charge < -0.3 is 23.9 Å². The van der Waals surface area contributed by atoms with Crippen LogP contribution in [-0.2, 0) is 0 Å². The number of fused-ring (bicyclic) bond motifs is 2. The Balaban J connectivity index is 1.80. The number of benzene rings is 2. The topological polar surface area (TPSA) is 89.2 Å². The van der Waals surface area contributed by atoms with Gasteiger partial charge in [0.2, 0.25) is 5.76 Å². The molecular weight excluding hydrogens is 422 g/mol. The van der Waals surface area contributed by atoms with E-state index >= 15 is 0 Å². The monoisotopic (exact) mass is 451 g/mol. The van der Waals surface area contributed by atoms with Crippen molar-refractivity contribution in [1.29, 1.82) is 0 Å². The van der Waals surface area contributed by atoms with Gasteiger partial charge in [-0.25, -0.2) is 0 Å². The molecule has 7 heteroatoms. The summed E-state index contributed by atoms with van der Waals surface area (Å²) in [6, 6.07) is 11.7. The maximum absolute atomic E-state index is 13.4. The molecule has 0 spiro atoms. The Morgan fingerprint density at radius 2 is 1.85 bits per heavy atom. The van der Waals surface area contributed by atoms with Crippen molar-refractivity contribution in [3.63, 3.8) is 0 Å². The van der Waals surface area contributed by atoms with E-state index in [2.05, 4.69) is 6.92 Å². The Kier molecular flexibility index (Phi) is 6.99. The number of carbonyl (C=O) groups excluding carboxylic acids is 1. The smallest absolute Gasteiger partial charge is 0.290 e. The molecule has 1 aromatic heterocycles. The molecule has 33 heavy (non-hydrogen) atoms. The summed E-state index contributed by atoms with van der Waals surface area (Å²) >= 11 is 0. The van der Waals surface area contributed by atoms with Crippen molar-refractivity contribution in [2.24, 2.45) is 0 Å². The van der Waals surface area contributed by atoms with Crippen molar-refractivity contribution in [3.05, 3.63) is 69.6 Å². The maximum Gasteiger partial charge on any atom is 0.290 e. The minimum atomic E-state index is -0.686. The molecular formula is C26H29NO6. The molecule has 4 rings (SSSR count). The van der Waals surface area contributed by atoms with Gasteiger partial charge in [0.05, 0.1) is 36.8 Å². The average molecular weight is 452 g/mol. The van der Waals surface area contributed by atoms with E-state index in [1.165, 1.54) is 4.90 Å². The van der Waals surface area contributed by atoms with E-state index in [1.54, 1.807) is 24.3 Å². The SMILES string of the molecule is CCCCCOc1ccc(C2c3c(oc4ccccc4c3=O)C(=O)N2CCO)cc1OCC. The Labute approximate surface area is 192 Å². The van der Waals surface area contributed by atoms with Crippen molar-refractivity contribution in [2.45, 2.75) is 39.2 Å². The predicted octanol–water partition coefficient (Wildman–Crippen LogP) is 4.30. The minimum Gasteiger partial charge on any atom is -0.490 e. The van der Waals surface area contributed by atoms with Crippen LogP contribution in [0.4, 0.5) is 0 Å². The minimum absolute atomic E-state index is 0.0232. The highest BCUT2D eigenvalue weighted by atomic mass is 16.5. The first kappa shape index (κ1) is 22.9. The van der Waals surface area contributed by atoms with Crippen LogP contribution in [0.5, 0.6) is 11.5 Å². The van der Waals surface area contributed by atoms with Crippen LogP contribution in [-0.4, -0.2) is 42.3 Å². The van der Waals surface area contributed by atoms with E-state index in [4.69, 9.17) is 13.9 Å². The molecule has 3 aromatic rings. The number of β-amino-alcohol motifs (C(OH)–C–C–N with tert-alkyl or cyclic N) is 1. The van der Waals surface area contributed by atoms with E-state index in [0.717, 1.165) is 19.3 Å². The molecule has 0 aliphatic carbocycles. The number of carbonyl (C=O) groups is 1. The molecule has 0 radical (unpaired) electrons. The van der Waals surface area contributed by atoms with Crippen molar-refractivity contribution >= 4 is 16.9 Å². The fraction of sp³-hybridized carbons (Fsp3) is 0.385. The normalized spacial score (nSPS) is 15.2. The molecule has 1 N–H and O–H groups in total. The number of hydrogen-bond acceptors (Lipinski definition) is 6. The zero-order valence-corrected chi connectivity index (χ0v) is 19.0. The van der Waals surface area contributed by atoms with Crippen molar-refractivity contribution in [1.82, 2.24) is 4.90 Å². The summed E-state index contributed by atoms with van der Waals surface area (Å²) in [6.07, 6.45) is 3.14. The summed E-state index contributed by atoms with van der Waals surface area (Å²) in [5.74, 6) is 0.793. The number of para-hydroxylation sites is 1. The molecule has 0 bridgehead atoms. The van der Waals surface area contributed by atoms with Crippen LogP contribution >= 0.6 is 0 Å². The van der Waals surface area contributed by atoms with Gasteiger partial charge in [0.1, 0.15) is 5.58 Å². The lowest BCUT2D eigenvalue weighted by Gasteiger charge is -2.25. The summed E-state index contributed by atoms with van der Waals surface area (Å²) in [7, 11) is 0. The lowest BCUT2D eigenvalue weighted by atomic mass is 9.98. The van der Waals surface area contributed by atoms with E-state index in [9.17, 15) is 14.7 Å². The third-order valence-electron chi connectivity index (χ3n) is 5.80. The Morgan fingerprint density at radius 1 is 1.03 bits per heavy atom. The van der Waals surface area contributed by atoms with Crippen molar-refractivity contribution < 1.29 is 23.8 Å². The zero-order chi connectivity index (χ0) is 23.4. The Morgan fingerprint density at radius 3 is 2.61 bits per heavy atom. The number of amides is 1. The third kappa shape index (κ3) is 4.33. The summed E-state index contributed by atoms with van der Waals surface area (Å²) in [4.78, 5) is 28.1. The predicted molar refractivity (Wildman–Crippen MR) is 125 cm³/mol. The van der Waals surface area contributed by atoms with Crippen LogP contribution in [0.25, 0.3) is 11.0 Å². The van der Waals surface area contributed by atoms with Crippen LogP contribution in [0.2, 0.25) is 0 Å². The molecule has 2 heterocycles. The quantitative estimate of drug-likeness (QED) is 0.463. The van der Waals surface area contributed by atoms with Crippen LogP contribution in [0.1, 0.15) is 60.8 Å². The Hall–Kier alpha value is -3.32. The van der Waals surface area contributed by atoms with Gasteiger partial charge in [-0.05, 0) is 43.2 Å². The van der Waals surface area contributed by atoms with E-state index in [1.807, 2.05) is 25.1 Å².